The molecule has 0 heterocycles. The predicted molar refractivity (Wildman–Crippen MR) is 87.4 cm³/mol. The molecular weight excluding hydrogens is 309 g/mol. The number of ether oxygens (including phenoxy) is 1. The van der Waals surface area contributed by atoms with E-state index in [-0.39, 0.29) is 6.61 Å². The summed E-state index contributed by atoms with van der Waals surface area (Å²) in [5.41, 5.74) is 0.393. The summed E-state index contributed by atoms with van der Waals surface area (Å²) in [6, 6.07) is 5.09. The van der Waals surface area contributed by atoms with Crippen LogP contribution in [-0.4, -0.2) is 30.9 Å². The molecule has 0 aromatic heterocycles. The molecule has 0 bridgehead atoms. The quantitative estimate of drug-likeness (QED) is 0.796. The van der Waals surface area contributed by atoms with Gasteiger partial charge in [0.1, 0.15) is 18.5 Å². The number of hydrogen-bond donors (Lipinski definition) is 2. The van der Waals surface area contributed by atoms with Crippen molar-refractivity contribution in [1.29, 1.82) is 0 Å². The third-order valence-corrected chi connectivity index (χ3v) is 4.81. The van der Waals surface area contributed by atoms with Crippen LogP contribution < -0.4 is 10.1 Å². The molecule has 0 aliphatic heterocycles. The largest absolute Gasteiger partial charge is 0.491 e. The molecule has 0 amide bonds. The summed E-state index contributed by atoms with van der Waals surface area (Å²) in [5.74, 6) is 0.617. The van der Waals surface area contributed by atoms with Gasteiger partial charge >= 0.3 is 0 Å². The Kier molecular flexibility index (Phi) is 6.18. The summed E-state index contributed by atoms with van der Waals surface area (Å²) >= 11 is 11.8. The first kappa shape index (κ1) is 16.9. The van der Waals surface area contributed by atoms with Crippen molar-refractivity contribution in [3.63, 3.8) is 0 Å². The highest BCUT2D eigenvalue weighted by molar-refractivity contribution is 6.42. The molecule has 1 fully saturated rings. The van der Waals surface area contributed by atoms with Crippen LogP contribution in [0, 0.1) is 5.41 Å². The Labute approximate surface area is 136 Å². The Hall–Kier alpha value is -0.480. The Bertz CT molecular complexity index is 462. The maximum Gasteiger partial charge on any atom is 0.121 e. The summed E-state index contributed by atoms with van der Waals surface area (Å²) < 4.78 is 5.52. The van der Waals surface area contributed by atoms with Crippen LogP contribution in [0.25, 0.3) is 0 Å². The van der Waals surface area contributed by atoms with Crippen LogP contribution in [0.5, 0.6) is 5.75 Å². The molecule has 1 saturated carbocycles. The van der Waals surface area contributed by atoms with Gasteiger partial charge in [-0.2, -0.15) is 0 Å². The average molecular weight is 332 g/mol. The second-order valence-corrected chi connectivity index (χ2v) is 7.00. The minimum Gasteiger partial charge on any atom is -0.491 e. The van der Waals surface area contributed by atoms with Gasteiger partial charge in [0, 0.05) is 19.2 Å². The zero-order chi connectivity index (χ0) is 15.3. The van der Waals surface area contributed by atoms with Gasteiger partial charge in [-0.3, -0.25) is 0 Å². The van der Waals surface area contributed by atoms with E-state index in [9.17, 15) is 5.11 Å². The number of benzene rings is 1. The van der Waals surface area contributed by atoms with E-state index in [1.165, 1.54) is 25.7 Å². The Morgan fingerprint density at radius 3 is 2.67 bits per heavy atom. The average Bonchev–Trinajstić information content (AvgIpc) is 2.87. The van der Waals surface area contributed by atoms with Crippen molar-refractivity contribution in [1.82, 2.24) is 5.32 Å². The fourth-order valence-electron chi connectivity index (χ4n) is 2.76. The molecule has 2 rings (SSSR count). The van der Waals surface area contributed by atoms with Crippen molar-refractivity contribution >= 4 is 23.2 Å². The third-order valence-electron chi connectivity index (χ3n) is 4.08. The van der Waals surface area contributed by atoms with Crippen LogP contribution in [-0.2, 0) is 0 Å². The van der Waals surface area contributed by atoms with Crippen molar-refractivity contribution in [3.05, 3.63) is 28.2 Å². The van der Waals surface area contributed by atoms with E-state index in [1.54, 1.807) is 18.2 Å². The van der Waals surface area contributed by atoms with E-state index < -0.39 is 6.10 Å². The molecule has 1 unspecified atom stereocenters. The van der Waals surface area contributed by atoms with Gasteiger partial charge in [0.2, 0.25) is 0 Å². The molecule has 0 spiro atoms. The second-order valence-electron chi connectivity index (χ2n) is 6.19. The van der Waals surface area contributed by atoms with E-state index in [0.29, 0.717) is 27.8 Å². The van der Waals surface area contributed by atoms with Gasteiger partial charge < -0.3 is 15.2 Å². The molecule has 1 aliphatic carbocycles. The lowest BCUT2D eigenvalue weighted by Crippen LogP contribution is -2.37. The van der Waals surface area contributed by atoms with Crippen molar-refractivity contribution in [3.8, 4) is 5.75 Å². The molecule has 1 aliphatic rings. The summed E-state index contributed by atoms with van der Waals surface area (Å²) in [7, 11) is 0. The number of aliphatic hydroxyl groups excluding tert-OH is 1. The first-order chi connectivity index (χ1) is 9.98. The van der Waals surface area contributed by atoms with Crippen LogP contribution in [0.1, 0.15) is 32.6 Å². The number of aliphatic hydroxyl groups is 1. The maximum atomic E-state index is 9.95. The lowest BCUT2D eigenvalue weighted by atomic mass is 9.89. The third kappa shape index (κ3) is 5.33. The van der Waals surface area contributed by atoms with Gasteiger partial charge in [0.15, 0.2) is 0 Å². The molecule has 2 N–H and O–H groups in total. The van der Waals surface area contributed by atoms with Gasteiger partial charge in [-0.25, -0.2) is 0 Å². The highest BCUT2D eigenvalue weighted by Crippen LogP contribution is 2.36. The first-order valence-electron chi connectivity index (χ1n) is 7.45. The fourth-order valence-corrected chi connectivity index (χ4v) is 3.05. The molecule has 21 heavy (non-hydrogen) atoms. The zero-order valence-electron chi connectivity index (χ0n) is 12.4. The first-order valence-corrected chi connectivity index (χ1v) is 8.21. The van der Waals surface area contributed by atoms with Crippen LogP contribution in [0.3, 0.4) is 0 Å². The normalized spacial score (nSPS) is 18.7. The zero-order valence-corrected chi connectivity index (χ0v) is 13.9. The van der Waals surface area contributed by atoms with Crippen LogP contribution in [0.15, 0.2) is 18.2 Å². The maximum absolute atomic E-state index is 9.95. The van der Waals surface area contributed by atoms with Gasteiger partial charge in [-0.1, -0.05) is 43.0 Å². The Morgan fingerprint density at radius 1 is 1.29 bits per heavy atom. The predicted octanol–water partition coefficient (Wildman–Crippen LogP) is 3.90. The fraction of sp³-hybridized carbons (Fsp3) is 0.625. The number of hydrogen-bond acceptors (Lipinski definition) is 3. The van der Waals surface area contributed by atoms with Crippen molar-refractivity contribution in [2.24, 2.45) is 5.41 Å². The lowest BCUT2D eigenvalue weighted by molar-refractivity contribution is 0.103. The number of halogens is 2. The summed E-state index contributed by atoms with van der Waals surface area (Å²) in [6.07, 6.45) is 4.65. The number of rotatable bonds is 7. The summed E-state index contributed by atoms with van der Waals surface area (Å²) in [5, 5.41) is 14.2. The lowest BCUT2D eigenvalue weighted by Gasteiger charge is -2.24. The van der Waals surface area contributed by atoms with Gasteiger partial charge in [0.25, 0.3) is 0 Å². The van der Waals surface area contributed by atoms with Crippen molar-refractivity contribution < 1.29 is 9.84 Å². The van der Waals surface area contributed by atoms with Gasteiger partial charge in [-0.05, 0) is 30.4 Å². The topological polar surface area (TPSA) is 41.5 Å². The molecule has 5 heteroatoms. The van der Waals surface area contributed by atoms with Gasteiger partial charge in [-0.15, -0.1) is 0 Å². The smallest absolute Gasteiger partial charge is 0.121 e. The monoisotopic (exact) mass is 331 g/mol. The van der Waals surface area contributed by atoms with E-state index in [0.717, 1.165) is 6.54 Å². The molecular formula is C16H23Cl2NO2. The molecule has 1 atom stereocenters. The van der Waals surface area contributed by atoms with E-state index in [1.807, 2.05) is 0 Å². The van der Waals surface area contributed by atoms with Gasteiger partial charge in [0.05, 0.1) is 10.0 Å². The Morgan fingerprint density at radius 2 is 2.00 bits per heavy atom. The van der Waals surface area contributed by atoms with Crippen LogP contribution >= 0.6 is 23.2 Å². The molecule has 3 nitrogen and oxygen atoms in total. The molecule has 1 aromatic rings. The number of nitrogens with one attached hydrogen (secondary N) is 1. The van der Waals surface area contributed by atoms with Crippen LogP contribution in [0.2, 0.25) is 10.0 Å². The summed E-state index contributed by atoms with van der Waals surface area (Å²) in [6.45, 7) is 4.04. The van der Waals surface area contributed by atoms with Crippen molar-refractivity contribution in [2.45, 2.75) is 38.7 Å². The van der Waals surface area contributed by atoms with E-state index >= 15 is 0 Å². The SMILES string of the molecule is CC1(CNCC(O)COc2ccc(Cl)c(Cl)c2)CCCC1. The molecule has 1 aromatic carbocycles. The minimum atomic E-state index is -0.538. The van der Waals surface area contributed by atoms with Crippen LogP contribution in [0.4, 0.5) is 0 Å². The van der Waals surface area contributed by atoms with E-state index in [4.69, 9.17) is 27.9 Å². The minimum absolute atomic E-state index is 0.238. The van der Waals surface area contributed by atoms with E-state index in [2.05, 4.69) is 12.2 Å². The Balaban J connectivity index is 1.67. The molecule has 118 valence electrons. The highest BCUT2D eigenvalue weighted by Gasteiger charge is 2.28. The van der Waals surface area contributed by atoms with Crippen molar-refractivity contribution in [2.75, 3.05) is 19.7 Å². The molecule has 0 radical (unpaired) electrons. The standard InChI is InChI=1S/C16H23Cl2NO2/c1-16(6-2-3-7-16)11-19-9-12(20)10-21-13-4-5-14(17)15(18)8-13/h4-5,8,12,19-20H,2-3,6-7,9-11H2,1H3. The molecule has 0 saturated heterocycles. The summed E-state index contributed by atoms with van der Waals surface area (Å²) in [4.78, 5) is 0. The second kappa shape index (κ2) is 7.68. The highest BCUT2D eigenvalue weighted by atomic mass is 35.5.